The van der Waals surface area contributed by atoms with Crippen molar-refractivity contribution in [3.63, 3.8) is 0 Å². The van der Waals surface area contributed by atoms with Gasteiger partial charge in [-0.2, -0.15) is 0 Å². The van der Waals surface area contributed by atoms with Gasteiger partial charge in [-0.25, -0.2) is 4.39 Å². The van der Waals surface area contributed by atoms with Crippen LogP contribution in [-0.2, 0) is 4.79 Å². The Balaban J connectivity index is 1.72. The maximum atomic E-state index is 13.4. The summed E-state index contributed by atoms with van der Waals surface area (Å²) in [5.41, 5.74) is 1.55. The smallest absolute Gasteiger partial charge is 0.244 e. The van der Waals surface area contributed by atoms with Gasteiger partial charge in [0.2, 0.25) is 5.91 Å². The van der Waals surface area contributed by atoms with Crippen LogP contribution in [0.15, 0.2) is 54.6 Å². The lowest BCUT2D eigenvalue weighted by Crippen LogP contribution is -2.26. The first kappa shape index (κ1) is 15.8. The Morgan fingerprint density at radius 1 is 1.18 bits per heavy atom. The van der Waals surface area contributed by atoms with Gasteiger partial charge in [-0.05, 0) is 31.2 Å². The molecule has 0 atom stereocenters. The van der Waals surface area contributed by atoms with E-state index < -0.39 is 0 Å². The van der Waals surface area contributed by atoms with E-state index in [1.807, 2.05) is 31.2 Å². The number of carbonyl (C=O) groups is 1. The molecule has 1 N–H and O–H groups in total. The molecule has 0 aromatic heterocycles. The largest absolute Gasteiger partial charge is 0.492 e. The van der Waals surface area contributed by atoms with Gasteiger partial charge in [-0.1, -0.05) is 35.9 Å². The number of aryl methyl sites for hydroxylation is 1. The van der Waals surface area contributed by atoms with Crippen LogP contribution >= 0.6 is 0 Å². The van der Waals surface area contributed by atoms with Crippen LogP contribution in [0.4, 0.5) is 4.39 Å². The molecule has 0 unspecified atom stereocenters. The number of rotatable bonds is 6. The standard InChI is InChI=1S/C18H18FNO2/c1-14-6-9-16(10-7-14)22-13-12-20-18(21)11-8-15-4-2-3-5-17(15)19/h2-11H,12-13H2,1H3,(H,20,21)/b11-8+. The molecule has 114 valence electrons. The summed E-state index contributed by atoms with van der Waals surface area (Å²) in [7, 11) is 0. The van der Waals surface area contributed by atoms with Crippen molar-refractivity contribution in [1.29, 1.82) is 0 Å². The predicted molar refractivity (Wildman–Crippen MR) is 85.1 cm³/mol. The maximum absolute atomic E-state index is 13.4. The fourth-order valence-electron chi connectivity index (χ4n) is 1.81. The van der Waals surface area contributed by atoms with E-state index in [9.17, 15) is 9.18 Å². The van der Waals surface area contributed by atoms with Gasteiger partial charge in [-0.15, -0.1) is 0 Å². The lowest BCUT2D eigenvalue weighted by atomic mass is 10.2. The van der Waals surface area contributed by atoms with Gasteiger partial charge in [-0.3, -0.25) is 4.79 Å². The summed E-state index contributed by atoms with van der Waals surface area (Å²) < 4.78 is 18.9. The van der Waals surface area contributed by atoms with Gasteiger partial charge in [0.25, 0.3) is 0 Å². The molecule has 0 aliphatic carbocycles. The van der Waals surface area contributed by atoms with Gasteiger partial charge < -0.3 is 10.1 Å². The summed E-state index contributed by atoms with van der Waals surface area (Å²) in [6.07, 6.45) is 2.76. The van der Waals surface area contributed by atoms with Crippen molar-refractivity contribution in [2.24, 2.45) is 0 Å². The zero-order valence-corrected chi connectivity index (χ0v) is 12.4. The number of ether oxygens (including phenoxy) is 1. The molecule has 2 aromatic carbocycles. The van der Waals surface area contributed by atoms with Gasteiger partial charge in [0.15, 0.2) is 0 Å². The fraction of sp³-hybridized carbons (Fsp3) is 0.167. The Kier molecular flexibility index (Phi) is 5.72. The Bertz CT molecular complexity index is 650. The lowest BCUT2D eigenvalue weighted by molar-refractivity contribution is -0.116. The van der Waals surface area contributed by atoms with Crippen molar-refractivity contribution in [3.05, 3.63) is 71.6 Å². The molecule has 0 radical (unpaired) electrons. The molecular formula is C18H18FNO2. The molecule has 0 heterocycles. The van der Waals surface area contributed by atoms with Crippen molar-refractivity contribution in [2.45, 2.75) is 6.92 Å². The van der Waals surface area contributed by atoms with Gasteiger partial charge in [0, 0.05) is 11.6 Å². The lowest BCUT2D eigenvalue weighted by Gasteiger charge is -2.06. The number of nitrogens with one attached hydrogen (secondary N) is 1. The third kappa shape index (κ3) is 5.05. The van der Waals surface area contributed by atoms with Gasteiger partial charge in [0.1, 0.15) is 18.2 Å². The Labute approximate surface area is 129 Å². The van der Waals surface area contributed by atoms with Crippen molar-refractivity contribution < 1.29 is 13.9 Å². The van der Waals surface area contributed by atoms with E-state index >= 15 is 0 Å². The zero-order chi connectivity index (χ0) is 15.8. The monoisotopic (exact) mass is 299 g/mol. The van der Waals surface area contributed by atoms with E-state index in [-0.39, 0.29) is 11.7 Å². The quantitative estimate of drug-likeness (QED) is 0.656. The highest BCUT2D eigenvalue weighted by Crippen LogP contribution is 2.11. The minimum Gasteiger partial charge on any atom is -0.492 e. The molecule has 1 amide bonds. The Morgan fingerprint density at radius 3 is 2.64 bits per heavy atom. The van der Waals surface area contributed by atoms with E-state index in [0.717, 1.165) is 5.75 Å². The van der Waals surface area contributed by atoms with Crippen LogP contribution in [0.25, 0.3) is 6.08 Å². The molecule has 2 aromatic rings. The molecule has 0 fully saturated rings. The maximum Gasteiger partial charge on any atom is 0.244 e. The van der Waals surface area contributed by atoms with Crippen LogP contribution in [0.5, 0.6) is 5.75 Å². The number of carbonyl (C=O) groups excluding carboxylic acids is 1. The van der Waals surface area contributed by atoms with E-state index in [1.165, 1.54) is 23.8 Å². The highest BCUT2D eigenvalue weighted by molar-refractivity contribution is 5.91. The number of amides is 1. The first-order valence-corrected chi connectivity index (χ1v) is 7.05. The van der Waals surface area contributed by atoms with Crippen molar-refractivity contribution in [1.82, 2.24) is 5.32 Å². The third-order valence-corrected chi connectivity index (χ3v) is 3.01. The second-order valence-corrected chi connectivity index (χ2v) is 4.81. The number of benzene rings is 2. The van der Waals surface area contributed by atoms with Gasteiger partial charge in [0.05, 0.1) is 6.54 Å². The normalized spacial score (nSPS) is 10.6. The predicted octanol–water partition coefficient (Wildman–Crippen LogP) is 3.34. The summed E-state index contributed by atoms with van der Waals surface area (Å²) in [4.78, 5) is 11.6. The summed E-state index contributed by atoms with van der Waals surface area (Å²) in [5.74, 6) is 0.131. The summed E-state index contributed by atoms with van der Waals surface area (Å²) in [6, 6.07) is 14.0. The molecule has 3 nitrogen and oxygen atoms in total. The highest BCUT2D eigenvalue weighted by Gasteiger charge is 1.99. The number of halogens is 1. The Morgan fingerprint density at radius 2 is 1.91 bits per heavy atom. The second kappa shape index (κ2) is 7.98. The molecule has 4 heteroatoms. The number of hydrogen-bond acceptors (Lipinski definition) is 2. The summed E-state index contributed by atoms with van der Waals surface area (Å²) >= 11 is 0. The van der Waals surface area contributed by atoms with Crippen LogP contribution in [0.1, 0.15) is 11.1 Å². The van der Waals surface area contributed by atoms with E-state index in [1.54, 1.807) is 18.2 Å². The first-order valence-electron chi connectivity index (χ1n) is 7.05. The number of hydrogen-bond donors (Lipinski definition) is 1. The molecule has 2 rings (SSSR count). The van der Waals surface area contributed by atoms with Crippen molar-refractivity contribution >= 4 is 12.0 Å². The molecule has 0 saturated carbocycles. The third-order valence-electron chi connectivity index (χ3n) is 3.01. The van der Waals surface area contributed by atoms with Crippen LogP contribution < -0.4 is 10.1 Å². The van der Waals surface area contributed by atoms with Crippen molar-refractivity contribution in [2.75, 3.05) is 13.2 Å². The minimum absolute atomic E-state index is 0.282. The molecular weight excluding hydrogens is 281 g/mol. The van der Waals surface area contributed by atoms with Crippen LogP contribution in [0.2, 0.25) is 0 Å². The first-order chi connectivity index (χ1) is 10.6. The minimum atomic E-state index is -0.353. The highest BCUT2D eigenvalue weighted by atomic mass is 19.1. The van der Waals surface area contributed by atoms with Crippen LogP contribution in [0.3, 0.4) is 0 Å². The zero-order valence-electron chi connectivity index (χ0n) is 12.4. The summed E-state index contributed by atoms with van der Waals surface area (Å²) in [6.45, 7) is 2.77. The SMILES string of the molecule is Cc1ccc(OCCNC(=O)/C=C/c2ccccc2F)cc1. The Hall–Kier alpha value is -2.62. The van der Waals surface area contributed by atoms with E-state index in [4.69, 9.17) is 4.74 Å². The van der Waals surface area contributed by atoms with E-state index in [0.29, 0.717) is 18.7 Å². The fourth-order valence-corrected chi connectivity index (χ4v) is 1.81. The van der Waals surface area contributed by atoms with Crippen LogP contribution in [0, 0.1) is 12.7 Å². The molecule has 0 saturated heterocycles. The second-order valence-electron chi connectivity index (χ2n) is 4.81. The average molecular weight is 299 g/mol. The molecule has 0 bridgehead atoms. The van der Waals surface area contributed by atoms with Crippen molar-refractivity contribution in [3.8, 4) is 5.75 Å². The molecule has 0 spiro atoms. The molecule has 0 aliphatic heterocycles. The topological polar surface area (TPSA) is 38.3 Å². The average Bonchev–Trinajstić information content (AvgIpc) is 2.52. The van der Waals surface area contributed by atoms with Crippen LogP contribution in [-0.4, -0.2) is 19.1 Å². The molecule has 22 heavy (non-hydrogen) atoms. The summed E-state index contributed by atoms with van der Waals surface area (Å²) in [5, 5.41) is 2.68. The molecule has 0 aliphatic rings. The van der Waals surface area contributed by atoms with Gasteiger partial charge >= 0.3 is 0 Å². The van der Waals surface area contributed by atoms with E-state index in [2.05, 4.69) is 5.32 Å².